The van der Waals surface area contributed by atoms with Gasteiger partial charge in [0.05, 0.1) is 6.54 Å². The molecule has 0 aliphatic carbocycles. The average Bonchev–Trinajstić information content (AvgIpc) is 2.44. The highest BCUT2D eigenvalue weighted by molar-refractivity contribution is 5.30. The molecule has 0 aromatic heterocycles. The van der Waals surface area contributed by atoms with Crippen LogP contribution in [0.4, 0.5) is 0 Å². The highest BCUT2D eigenvalue weighted by Gasteiger charge is 2.27. The van der Waals surface area contributed by atoms with Gasteiger partial charge in [-0.25, -0.2) is 0 Å². The van der Waals surface area contributed by atoms with E-state index in [0.717, 1.165) is 32.7 Å². The summed E-state index contributed by atoms with van der Waals surface area (Å²) in [6.07, 6.45) is 5.27. The minimum absolute atomic E-state index is 0.802. The molecule has 0 saturated carbocycles. The van der Waals surface area contributed by atoms with E-state index in [-0.39, 0.29) is 0 Å². The number of terminal acetylenes is 1. The second kappa shape index (κ2) is 2.93. The Morgan fingerprint density at radius 3 is 2.33 bits per heavy atom. The number of rotatable bonds is 1. The van der Waals surface area contributed by atoms with Gasteiger partial charge in [0, 0.05) is 26.2 Å². The summed E-state index contributed by atoms with van der Waals surface area (Å²) in [7, 11) is 2.17. The summed E-state index contributed by atoms with van der Waals surface area (Å²) in [6.45, 7) is 5.30. The van der Waals surface area contributed by atoms with Crippen molar-refractivity contribution in [2.45, 2.75) is 0 Å². The lowest BCUT2D eigenvalue weighted by Gasteiger charge is -2.17. The third kappa shape index (κ3) is 1.26. The van der Waals surface area contributed by atoms with Crippen LogP contribution in [0.1, 0.15) is 0 Å². The predicted molar refractivity (Wildman–Crippen MR) is 49.8 cm³/mol. The zero-order valence-corrected chi connectivity index (χ0v) is 7.51. The lowest BCUT2D eigenvalue weighted by molar-refractivity contribution is 0.340. The Morgan fingerprint density at radius 1 is 1.25 bits per heavy atom. The van der Waals surface area contributed by atoms with Crippen LogP contribution in [-0.2, 0) is 0 Å². The average molecular weight is 162 g/mol. The minimum Gasteiger partial charge on any atom is -0.298 e. The highest BCUT2D eigenvalue weighted by atomic mass is 15.2. The second-order valence-corrected chi connectivity index (χ2v) is 3.73. The normalized spacial score (nSPS) is 24.7. The number of nitrogens with zero attached hydrogens (tertiary/aromatic N) is 2. The fourth-order valence-electron chi connectivity index (χ4n) is 2.09. The first-order valence-corrected chi connectivity index (χ1v) is 4.33. The van der Waals surface area contributed by atoms with Crippen LogP contribution in [0.25, 0.3) is 0 Å². The lowest BCUT2D eigenvalue weighted by atomic mass is 10.2. The third-order valence-corrected chi connectivity index (χ3v) is 2.57. The Hall–Kier alpha value is -0.780. The molecule has 0 saturated heterocycles. The van der Waals surface area contributed by atoms with Gasteiger partial charge in [-0.3, -0.25) is 9.80 Å². The zero-order valence-electron chi connectivity index (χ0n) is 7.51. The number of likely N-dealkylation sites (N-methyl/N-ethyl adjacent to an activating group) is 1. The van der Waals surface area contributed by atoms with Gasteiger partial charge in [-0.1, -0.05) is 5.92 Å². The summed E-state index contributed by atoms with van der Waals surface area (Å²) < 4.78 is 0. The highest BCUT2D eigenvalue weighted by Crippen LogP contribution is 2.23. The van der Waals surface area contributed by atoms with Crippen molar-refractivity contribution in [1.29, 1.82) is 0 Å². The van der Waals surface area contributed by atoms with Crippen LogP contribution in [0.3, 0.4) is 0 Å². The standard InChI is InChI=1S/C10H14N2/c1-3-4-12-7-9-5-11(2)6-10(9)8-12/h1H,4-8H2,2H3. The molecule has 0 N–H and O–H groups in total. The van der Waals surface area contributed by atoms with E-state index < -0.39 is 0 Å². The van der Waals surface area contributed by atoms with Crippen LogP contribution in [0.15, 0.2) is 11.1 Å². The van der Waals surface area contributed by atoms with Gasteiger partial charge in [0.25, 0.3) is 0 Å². The van der Waals surface area contributed by atoms with Crippen molar-refractivity contribution < 1.29 is 0 Å². The predicted octanol–water partition coefficient (Wildman–Crippen LogP) is 0.177. The van der Waals surface area contributed by atoms with Gasteiger partial charge in [0.15, 0.2) is 0 Å². The molecule has 0 spiro atoms. The molecule has 2 aliphatic heterocycles. The molecule has 0 unspecified atom stereocenters. The Morgan fingerprint density at radius 2 is 1.83 bits per heavy atom. The molecule has 0 atom stereocenters. The Kier molecular flexibility index (Phi) is 1.92. The van der Waals surface area contributed by atoms with Gasteiger partial charge in [0.1, 0.15) is 0 Å². The fraction of sp³-hybridized carbons (Fsp3) is 0.600. The summed E-state index contributed by atoms with van der Waals surface area (Å²) in [4.78, 5) is 4.69. The fourth-order valence-corrected chi connectivity index (χ4v) is 2.09. The maximum atomic E-state index is 5.27. The zero-order chi connectivity index (χ0) is 8.55. The molecule has 12 heavy (non-hydrogen) atoms. The molecule has 0 radical (unpaired) electrons. The molecular weight excluding hydrogens is 148 g/mol. The Balaban J connectivity index is 1.95. The van der Waals surface area contributed by atoms with Gasteiger partial charge < -0.3 is 0 Å². The van der Waals surface area contributed by atoms with Crippen molar-refractivity contribution in [1.82, 2.24) is 9.80 Å². The molecule has 2 nitrogen and oxygen atoms in total. The van der Waals surface area contributed by atoms with E-state index in [2.05, 4.69) is 22.8 Å². The first-order chi connectivity index (χ1) is 5.79. The lowest BCUT2D eigenvalue weighted by Crippen LogP contribution is -2.28. The summed E-state index contributed by atoms with van der Waals surface area (Å²) in [5, 5.41) is 0. The van der Waals surface area contributed by atoms with Gasteiger partial charge >= 0.3 is 0 Å². The van der Waals surface area contributed by atoms with Crippen molar-refractivity contribution >= 4 is 0 Å². The summed E-state index contributed by atoms with van der Waals surface area (Å²) in [5.41, 5.74) is 3.21. The maximum absolute atomic E-state index is 5.27. The van der Waals surface area contributed by atoms with Crippen LogP contribution in [0.5, 0.6) is 0 Å². The molecule has 2 heteroatoms. The van der Waals surface area contributed by atoms with Crippen LogP contribution in [0.2, 0.25) is 0 Å². The molecule has 2 rings (SSSR count). The summed E-state index contributed by atoms with van der Waals surface area (Å²) in [6, 6.07) is 0. The largest absolute Gasteiger partial charge is 0.298 e. The van der Waals surface area contributed by atoms with Crippen molar-refractivity contribution in [3.05, 3.63) is 11.1 Å². The first kappa shape index (κ1) is 7.85. The van der Waals surface area contributed by atoms with Crippen LogP contribution >= 0.6 is 0 Å². The number of hydrogen-bond acceptors (Lipinski definition) is 2. The molecule has 0 aromatic rings. The second-order valence-electron chi connectivity index (χ2n) is 3.73. The van der Waals surface area contributed by atoms with E-state index in [9.17, 15) is 0 Å². The Labute approximate surface area is 73.8 Å². The quantitative estimate of drug-likeness (QED) is 0.401. The van der Waals surface area contributed by atoms with Crippen LogP contribution in [0, 0.1) is 12.3 Å². The minimum atomic E-state index is 0.802. The van der Waals surface area contributed by atoms with Crippen LogP contribution < -0.4 is 0 Å². The SMILES string of the molecule is C#CCN1CC2=C(CN(C)C2)C1. The van der Waals surface area contributed by atoms with Gasteiger partial charge in [-0.15, -0.1) is 6.42 Å². The molecule has 0 amide bonds. The van der Waals surface area contributed by atoms with Gasteiger partial charge in [0.2, 0.25) is 0 Å². The van der Waals surface area contributed by atoms with E-state index in [1.54, 1.807) is 11.1 Å². The van der Waals surface area contributed by atoms with Crippen molar-refractivity contribution in [2.75, 3.05) is 39.8 Å². The van der Waals surface area contributed by atoms with E-state index in [1.807, 2.05) is 0 Å². The van der Waals surface area contributed by atoms with Crippen LogP contribution in [-0.4, -0.2) is 49.6 Å². The van der Waals surface area contributed by atoms with Gasteiger partial charge in [-0.2, -0.15) is 0 Å². The van der Waals surface area contributed by atoms with Crippen molar-refractivity contribution in [3.8, 4) is 12.3 Å². The molecular formula is C10H14N2. The summed E-state index contributed by atoms with van der Waals surface area (Å²) >= 11 is 0. The molecule has 0 fully saturated rings. The third-order valence-electron chi connectivity index (χ3n) is 2.57. The topological polar surface area (TPSA) is 6.48 Å². The number of hydrogen-bond donors (Lipinski definition) is 0. The molecule has 2 aliphatic rings. The van der Waals surface area contributed by atoms with E-state index >= 15 is 0 Å². The van der Waals surface area contributed by atoms with E-state index in [1.165, 1.54) is 0 Å². The van der Waals surface area contributed by atoms with Crippen molar-refractivity contribution in [2.24, 2.45) is 0 Å². The molecule has 2 heterocycles. The molecule has 0 aromatic carbocycles. The monoisotopic (exact) mass is 162 g/mol. The van der Waals surface area contributed by atoms with Gasteiger partial charge in [-0.05, 0) is 18.2 Å². The maximum Gasteiger partial charge on any atom is 0.0604 e. The smallest absolute Gasteiger partial charge is 0.0604 e. The van der Waals surface area contributed by atoms with E-state index in [4.69, 9.17) is 6.42 Å². The molecule has 0 bridgehead atoms. The molecule has 64 valence electrons. The Bertz CT molecular complexity index is 242. The van der Waals surface area contributed by atoms with Crippen molar-refractivity contribution in [3.63, 3.8) is 0 Å². The van der Waals surface area contributed by atoms with E-state index in [0.29, 0.717) is 0 Å². The first-order valence-electron chi connectivity index (χ1n) is 4.33. The summed E-state index contributed by atoms with van der Waals surface area (Å²) in [5.74, 6) is 2.70.